The molecule has 0 aliphatic rings. The van der Waals surface area contributed by atoms with Gasteiger partial charge in [0, 0.05) is 0 Å². The molecule has 0 heterocycles. The fraction of sp³-hybridized carbons (Fsp3) is 0. The SMILES string of the molecule is c1ccc(P(c2ccccc2)c2ccc3ccc4cccc5ccc2c3c45)cc1.c1ccc(P(c2ccccc2)c2ccc3ccc4cccc5ccc2c3c45)cc1. The molecule has 0 saturated heterocycles. The maximum absolute atomic E-state index is 2.35. The molecular formula is C56H38P2. The summed E-state index contributed by atoms with van der Waals surface area (Å²) in [7, 11) is -1.25. The first-order chi connectivity index (χ1) is 28.8. The van der Waals surface area contributed by atoms with E-state index in [1.165, 1.54) is 96.5 Å². The fourth-order valence-corrected chi connectivity index (χ4v) is 13.9. The molecule has 12 aromatic carbocycles. The minimum Gasteiger partial charge on any atom is -0.0622 e. The van der Waals surface area contributed by atoms with Gasteiger partial charge in [-0.15, -0.1) is 0 Å². The van der Waals surface area contributed by atoms with Crippen molar-refractivity contribution in [3.05, 3.63) is 231 Å². The van der Waals surface area contributed by atoms with Crippen LogP contribution in [-0.4, -0.2) is 0 Å². The Morgan fingerprint density at radius 2 is 0.448 bits per heavy atom. The molecule has 0 radical (unpaired) electrons. The van der Waals surface area contributed by atoms with Gasteiger partial charge in [0.2, 0.25) is 0 Å². The van der Waals surface area contributed by atoms with Crippen molar-refractivity contribution in [3.8, 4) is 0 Å². The van der Waals surface area contributed by atoms with E-state index < -0.39 is 15.8 Å². The predicted molar refractivity (Wildman–Crippen MR) is 258 cm³/mol. The molecular weight excluding hydrogens is 735 g/mol. The van der Waals surface area contributed by atoms with Gasteiger partial charge >= 0.3 is 0 Å². The third kappa shape index (κ3) is 6.01. The number of hydrogen-bond donors (Lipinski definition) is 0. The van der Waals surface area contributed by atoms with Crippen LogP contribution < -0.4 is 31.8 Å². The largest absolute Gasteiger partial charge is 0.0622 e. The lowest BCUT2D eigenvalue weighted by Gasteiger charge is -2.22. The lowest BCUT2D eigenvalue weighted by atomic mass is 9.94. The number of rotatable bonds is 6. The Labute approximate surface area is 341 Å². The summed E-state index contributed by atoms with van der Waals surface area (Å²) in [5.74, 6) is 0. The van der Waals surface area contributed by atoms with E-state index in [0.717, 1.165) is 0 Å². The van der Waals surface area contributed by atoms with E-state index in [2.05, 4.69) is 231 Å². The van der Waals surface area contributed by atoms with Crippen LogP contribution in [-0.2, 0) is 0 Å². The molecule has 12 aromatic rings. The van der Waals surface area contributed by atoms with Crippen LogP contribution >= 0.6 is 15.8 Å². The minimum absolute atomic E-state index is 0.623. The van der Waals surface area contributed by atoms with Gasteiger partial charge in [-0.05, 0) is 112 Å². The van der Waals surface area contributed by atoms with Gasteiger partial charge in [0.05, 0.1) is 0 Å². The molecule has 0 aliphatic heterocycles. The Kier molecular flexibility index (Phi) is 8.89. The summed E-state index contributed by atoms with van der Waals surface area (Å²) in [4.78, 5) is 0. The van der Waals surface area contributed by atoms with Gasteiger partial charge in [0.25, 0.3) is 0 Å². The van der Waals surface area contributed by atoms with E-state index in [9.17, 15) is 0 Å². The average molecular weight is 773 g/mol. The second kappa shape index (κ2) is 14.8. The van der Waals surface area contributed by atoms with Gasteiger partial charge in [-0.2, -0.15) is 0 Å². The smallest absolute Gasteiger partial charge is 0.00202 e. The average Bonchev–Trinajstić information content (AvgIpc) is 3.30. The molecule has 0 N–H and O–H groups in total. The number of hydrogen-bond acceptors (Lipinski definition) is 0. The molecule has 0 fully saturated rings. The predicted octanol–water partition coefficient (Wildman–Crippen LogP) is 12.7. The molecule has 0 nitrogen and oxygen atoms in total. The first-order valence-electron chi connectivity index (χ1n) is 19.9. The van der Waals surface area contributed by atoms with Crippen molar-refractivity contribution >= 4 is 112 Å². The summed E-state index contributed by atoms with van der Waals surface area (Å²) in [5.41, 5.74) is 0. The van der Waals surface area contributed by atoms with Gasteiger partial charge in [-0.25, -0.2) is 0 Å². The minimum atomic E-state index is -0.623. The van der Waals surface area contributed by atoms with Crippen LogP contribution in [0.3, 0.4) is 0 Å². The monoisotopic (exact) mass is 772 g/mol. The first kappa shape index (κ1) is 34.8. The summed E-state index contributed by atoms with van der Waals surface area (Å²) in [6, 6.07) is 84.7. The Bertz CT molecular complexity index is 2990. The third-order valence-corrected chi connectivity index (χ3v) is 16.6. The van der Waals surface area contributed by atoms with Crippen molar-refractivity contribution < 1.29 is 0 Å². The van der Waals surface area contributed by atoms with E-state index >= 15 is 0 Å². The topological polar surface area (TPSA) is 0 Å². The molecule has 0 spiro atoms. The highest BCUT2D eigenvalue weighted by Gasteiger charge is 2.22. The fourth-order valence-electron chi connectivity index (χ4n) is 8.99. The molecule has 0 bridgehead atoms. The zero-order chi connectivity index (χ0) is 38.4. The molecule has 0 aliphatic carbocycles. The second-order valence-electron chi connectivity index (χ2n) is 14.9. The Morgan fingerprint density at radius 3 is 0.759 bits per heavy atom. The zero-order valence-electron chi connectivity index (χ0n) is 31.8. The lowest BCUT2D eigenvalue weighted by Crippen LogP contribution is -2.21. The quantitative estimate of drug-likeness (QED) is 0.117. The van der Waals surface area contributed by atoms with Crippen molar-refractivity contribution in [2.24, 2.45) is 0 Å². The molecule has 12 rings (SSSR count). The van der Waals surface area contributed by atoms with Gasteiger partial charge in [0.15, 0.2) is 0 Å². The van der Waals surface area contributed by atoms with Gasteiger partial charge < -0.3 is 0 Å². The number of benzene rings is 12. The lowest BCUT2D eigenvalue weighted by molar-refractivity contribution is 1.75. The molecule has 58 heavy (non-hydrogen) atoms. The van der Waals surface area contributed by atoms with Crippen molar-refractivity contribution in [2.45, 2.75) is 0 Å². The molecule has 0 saturated carbocycles. The van der Waals surface area contributed by atoms with E-state index in [1.54, 1.807) is 0 Å². The van der Waals surface area contributed by atoms with Crippen molar-refractivity contribution in [1.82, 2.24) is 0 Å². The standard InChI is InChI=1S/2C28H19P/c2*1-3-10-23(11-4-1)29(24-12-5-2-6-13-24)26-19-17-22-15-14-20-8-7-9-21-16-18-25(26)28(22)27(20)21/h2*1-19H. The summed E-state index contributed by atoms with van der Waals surface area (Å²) < 4.78 is 0. The van der Waals surface area contributed by atoms with E-state index in [1.807, 2.05) is 0 Å². The molecule has 0 amide bonds. The van der Waals surface area contributed by atoms with Gasteiger partial charge in [-0.3, -0.25) is 0 Å². The van der Waals surface area contributed by atoms with Crippen LogP contribution in [0.2, 0.25) is 0 Å². The van der Waals surface area contributed by atoms with Crippen LogP contribution in [0, 0.1) is 0 Å². The van der Waals surface area contributed by atoms with E-state index in [4.69, 9.17) is 0 Å². The van der Waals surface area contributed by atoms with Crippen molar-refractivity contribution in [1.29, 1.82) is 0 Å². The van der Waals surface area contributed by atoms with Gasteiger partial charge in [0.1, 0.15) is 0 Å². The van der Waals surface area contributed by atoms with E-state index in [-0.39, 0.29) is 0 Å². The normalized spacial score (nSPS) is 11.8. The van der Waals surface area contributed by atoms with Crippen LogP contribution in [0.4, 0.5) is 0 Å². The van der Waals surface area contributed by atoms with Crippen LogP contribution in [0.1, 0.15) is 0 Å². The Balaban J connectivity index is 0.000000133. The summed E-state index contributed by atoms with van der Waals surface area (Å²) >= 11 is 0. The first-order valence-corrected chi connectivity index (χ1v) is 22.6. The maximum atomic E-state index is 2.35. The Hall–Kier alpha value is -6.42. The highest BCUT2D eigenvalue weighted by atomic mass is 31.1. The highest BCUT2D eigenvalue weighted by molar-refractivity contribution is 7.80. The van der Waals surface area contributed by atoms with Crippen molar-refractivity contribution in [2.75, 3.05) is 0 Å². The van der Waals surface area contributed by atoms with Gasteiger partial charge in [-0.1, -0.05) is 231 Å². The molecule has 0 atom stereocenters. The molecule has 272 valence electrons. The van der Waals surface area contributed by atoms with Crippen LogP contribution in [0.25, 0.3) is 64.6 Å². The molecule has 0 aromatic heterocycles. The maximum Gasteiger partial charge on any atom is -0.00202 e. The second-order valence-corrected chi connectivity index (χ2v) is 19.3. The Morgan fingerprint density at radius 1 is 0.190 bits per heavy atom. The third-order valence-electron chi connectivity index (χ3n) is 11.6. The summed E-state index contributed by atoms with van der Waals surface area (Å²) in [6.45, 7) is 0. The summed E-state index contributed by atoms with van der Waals surface area (Å²) in [6.07, 6.45) is 0. The van der Waals surface area contributed by atoms with Crippen molar-refractivity contribution in [3.63, 3.8) is 0 Å². The van der Waals surface area contributed by atoms with Crippen LogP contribution in [0.15, 0.2) is 231 Å². The molecule has 2 heteroatoms. The zero-order valence-corrected chi connectivity index (χ0v) is 33.6. The highest BCUT2D eigenvalue weighted by Crippen LogP contribution is 2.42. The van der Waals surface area contributed by atoms with E-state index in [0.29, 0.717) is 0 Å². The summed E-state index contributed by atoms with van der Waals surface area (Å²) in [5, 5.41) is 24.7. The molecule has 0 unspecified atom stereocenters. The van der Waals surface area contributed by atoms with Crippen LogP contribution in [0.5, 0.6) is 0 Å².